The molecule has 2 aromatic rings. The average molecular weight is 263 g/mol. The molecule has 5 nitrogen and oxygen atoms in total. The summed E-state index contributed by atoms with van der Waals surface area (Å²) in [6.07, 6.45) is 6.25. The Kier molecular flexibility index (Phi) is 2.87. The number of fused-ring (bicyclic) bond motifs is 1. The van der Waals surface area contributed by atoms with Gasteiger partial charge in [-0.25, -0.2) is 4.98 Å². The number of likely N-dealkylation sites (tertiary alicyclic amines) is 1. The number of carbonyl (C=O) groups is 1. The van der Waals surface area contributed by atoms with Crippen LogP contribution in [0.2, 0.25) is 0 Å². The molecule has 3 rings (SSSR count). The number of hydrogen-bond acceptors (Lipinski definition) is 4. The number of amides is 1. The summed E-state index contributed by atoms with van der Waals surface area (Å²) >= 11 is 1.38. The Morgan fingerprint density at radius 2 is 2.06 bits per heavy atom. The third kappa shape index (κ3) is 1.82. The highest BCUT2D eigenvalue weighted by Gasteiger charge is 2.21. The molecule has 6 heteroatoms. The van der Waals surface area contributed by atoms with Crippen LogP contribution in [0.1, 0.15) is 29.6 Å². The molecule has 0 unspecified atom stereocenters. The van der Waals surface area contributed by atoms with E-state index in [-0.39, 0.29) is 17.0 Å². The lowest BCUT2D eigenvalue weighted by atomic mass is 10.1. The van der Waals surface area contributed by atoms with Gasteiger partial charge in [-0.05, 0) is 19.3 Å². The zero-order valence-corrected chi connectivity index (χ0v) is 10.7. The molecule has 18 heavy (non-hydrogen) atoms. The van der Waals surface area contributed by atoms with Crippen molar-refractivity contribution in [1.29, 1.82) is 0 Å². The predicted molar refractivity (Wildman–Crippen MR) is 69.1 cm³/mol. The Labute approximate surface area is 108 Å². The molecule has 1 saturated heterocycles. The minimum Gasteiger partial charge on any atom is -0.338 e. The molecule has 0 aromatic carbocycles. The van der Waals surface area contributed by atoms with Crippen LogP contribution < -0.4 is 5.56 Å². The van der Waals surface area contributed by atoms with Crippen molar-refractivity contribution in [2.45, 2.75) is 19.3 Å². The molecular formula is C12H13N3O2S. The molecule has 2 aromatic heterocycles. The van der Waals surface area contributed by atoms with Crippen molar-refractivity contribution >= 4 is 22.2 Å². The fourth-order valence-electron chi connectivity index (χ4n) is 2.24. The molecule has 3 heterocycles. The first-order valence-electron chi connectivity index (χ1n) is 6.01. The number of aromatic nitrogens is 2. The van der Waals surface area contributed by atoms with Gasteiger partial charge in [0.15, 0.2) is 4.96 Å². The average Bonchev–Trinajstić information content (AvgIpc) is 2.89. The molecule has 0 saturated carbocycles. The predicted octanol–water partition coefficient (Wildman–Crippen LogP) is 1.38. The lowest BCUT2D eigenvalue weighted by Crippen LogP contribution is -2.38. The molecule has 1 fully saturated rings. The van der Waals surface area contributed by atoms with Crippen molar-refractivity contribution in [3.05, 3.63) is 33.7 Å². The van der Waals surface area contributed by atoms with Gasteiger partial charge in [-0.2, -0.15) is 0 Å². The third-order valence-electron chi connectivity index (χ3n) is 3.22. The second-order valence-corrected chi connectivity index (χ2v) is 5.26. The van der Waals surface area contributed by atoms with Crippen LogP contribution >= 0.6 is 11.3 Å². The molecule has 0 spiro atoms. The monoisotopic (exact) mass is 263 g/mol. The van der Waals surface area contributed by atoms with E-state index < -0.39 is 0 Å². The molecule has 1 amide bonds. The van der Waals surface area contributed by atoms with Crippen molar-refractivity contribution in [2.75, 3.05) is 13.1 Å². The van der Waals surface area contributed by atoms with Gasteiger partial charge in [0.25, 0.3) is 11.5 Å². The highest BCUT2D eigenvalue weighted by Crippen LogP contribution is 2.12. The van der Waals surface area contributed by atoms with E-state index >= 15 is 0 Å². The maximum absolute atomic E-state index is 12.3. The summed E-state index contributed by atoms with van der Waals surface area (Å²) in [6.45, 7) is 1.48. The van der Waals surface area contributed by atoms with Crippen LogP contribution in [0.15, 0.2) is 22.6 Å². The van der Waals surface area contributed by atoms with Gasteiger partial charge in [-0.3, -0.25) is 14.0 Å². The summed E-state index contributed by atoms with van der Waals surface area (Å²) in [5.74, 6) is -0.187. The van der Waals surface area contributed by atoms with Gasteiger partial charge in [-0.1, -0.05) is 0 Å². The second kappa shape index (κ2) is 4.53. The first kappa shape index (κ1) is 11.4. The van der Waals surface area contributed by atoms with Crippen LogP contribution in [0.25, 0.3) is 4.96 Å². The van der Waals surface area contributed by atoms with Crippen LogP contribution in [0.5, 0.6) is 0 Å². The first-order valence-corrected chi connectivity index (χ1v) is 6.89. The highest BCUT2D eigenvalue weighted by molar-refractivity contribution is 7.15. The third-order valence-corrected chi connectivity index (χ3v) is 3.99. The number of piperidine rings is 1. The van der Waals surface area contributed by atoms with E-state index in [1.807, 2.05) is 0 Å². The smallest absolute Gasteiger partial charge is 0.271 e. The van der Waals surface area contributed by atoms with E-state index in [2.05, 4.69) is 4.98 Å². The van der Waals surface area contributed by atoms with Crippen LogP contribution in [0.4, 0.5) is 0 Å². The number of carbonyl (C=O) groups excluding carboxylic acids is 1. The lowest BCUT2D eigenvalue weighted by Gasteiger charge is -2.26. The SMILES string of the molecule is O=C(c1cnc2sccn2c1=O)N1CCCCC1. The molecule has 0 radical (unpaired) electrons. The highest BCUT2D eigenvalue weighted by atomic mass is 32.1. The molecule has 94 valence electrons. The molecule has 0 N–H and O–H groups in total. The Bertz CT molecular complexity index is 640. The molecule has 1 aliphatic heterocycles. The van der Waals surface area contributed by atoms with Crippen molar-refractivity contribution in [1.82, 2.24) is 14.3 Å². The van der Waals surface area contributed by atoms with Gasteiger partial charge in [0, 0.05) is 30.9 Å². The van der Waals surface area contributed by atoms with Crippen molar-refractivity contribution in [3.63, 3.8) is 0 Å². The Morgan fingerprint density at radius 1 is 1.28 bits per heavy atom. The topological polar surface area (TPSA) is 54.7 Å². The van der Waals surface area contributed by atoms with Crippen LogP contribution in [0.3, 0.4) is 0 Å². The van der Waals surface area contributed by atoms with Gasteiger partial charge in [0.1, 0.15) is 5.56 Å². The zero-order valence-electron chi connectivity index (χ0n) is 9.83. The minimum absolute atomic E-state index is 0.174. The van der Waals surface area contributed by atoms with E-state index in [1.165, 1.54) is 21.9 Å². The molecular weight excluding hydrogens is 250 g/mol. The summed E-state index contributed by atoms with van der Waals surface area (Å²) in [4.78, 5) is 30.9. The summed E-state index contributed by atoms with van der Waals surface area (Å²) < 4.78 is 1.43. The molecule has 1 aliphatic rings. The fourth-order valence-corrected chi connectivity index (χ4v) is 2.91. The van der Waals surface area contributed by atoms with Gasteiger partial charge in [0.2, 0.25) is 0 Å². The number of rotatable bonds is 1. The minimum atomic E-state index is -0.267. The van der Waals surface area contributed by atoms with Crippen molar-refractivity contribution < 1.29 is 4.79 Å². The maximum atomic E-state index is 12.3. The summed E-state index contributed by atoms with van der Waals surface area (Å²) in [5, 5.41) is 1.79. The number of nitrogens with zero attached hydrogens (tertiary/aromatic N) is 3. The van der Waals surface area contributed by atoms with Crippen LogP contribution in [0, 0.1) is 0 Å². The number of hydrogen-bond donors (Lipinski definition) is 0. The summed E-state index contributed by atoms with van der Waals surface area (Å²) in [5.41, 5.74) is -0.0929. The Balaban J connectivity index is 2.00. The van der Waals surface area contributed by atoms with E-state index in [9.17, 15) is 9.59 Å². The normalized spacial score (nSPS) is 16.1. The first-order chi connectivity index (χ1) is 8.77. The van der Waals surface area contributed by atoms with E-state index in [0.717, 1.165) is 32.4 Å². The van der Waals surface area contributed by atoms with Gasteiger partial charge >= 0.3 is 0 Å². The molecule has 0 bridgehead atoms. The maximum Gasteiger partial charge on any atom is 0.271 e. The van der Waals surface area contributed by atoms with E-state index in [1.54, 1.807) is 16.5 Å². The molecule has 0 aliphatic carbocycles. The standard InChI is InChI=1S/C12H13N3O2S/c16-10(14-4-2-1-3-5-14)9-8-13-12-15(11(9)17)6-7-18-12/h6-8H,1-5H2. The van der Waals surface area contributed by atoms with E-state index in [4.69, 9.17) is 0 Å². The summed E-state index contributed by atoms with van der Waals surface area (Å²) in [7, 11) is 0. The Hall–Kier alpha value is -1.69. The lowest BCUT2D eigenvalue weighted by molar-refractivity contribution is 0.0722. The second-order valence-electron chi connectivity index (χ2n) is 4.39. The van der Waals surface area contributed by atoms with Gasteiger partial charge in [-0.15, -0.1) is 11.3 Å². The van der Waals surface area contributed by atoms with Crippen LogP contribution in [-0.4, -0.2) is 33.3 Å². The van der Waals surface area contributed by atoms with Crippen LogP contribution in [-0.2, 0) is 0 Å². The van der Waals surface area contributed by atoms with E-state index in [0.29, 0.717) is 4.96 Å². The fraction of sp³-hybridized carbons (Fsp3) is 0.417. The zero-order chi connectivity index (χ0) is 12.5. The largest absolute Gasteiger partial charge is 0.338 e. The van der Waals surface area contributed by atoms with Crippen molar-refractivity contribution in [2.24, 2.45) is 0 Å². The van der Waals surface area contributed by atoms with Gasteiger partial charge < -0.3 is 4.90 Å². The number of thiazole rings is 1. The van der Waals surface area contributed by atoms with Crippen molar-refractivity contribution in [3.8, 4) is 0 Å². The molecule has 0 atom stereocenters. The Morgan fingerprint density at radius 3 is 2.83 bits per heavy atom. The van der Waals surface area contributed by atoms with Gasteiger partial charge in [0.05, 0.1) is 0 Å². The summed E-state index contributed by atoms with van der Waals surface area (Å²) in [6, 6.07) is 0. The quantitative estimate of drug-likeness (QED) is 0.781.